The van der Waals surface area contributed by atoms with Crippen molar-refractivity contribution < 1.29 is 18.7 Å². The van der Waals surface area contributed by atoms with Gasteiger partial charge in [-0.05, 0) is 80.0 Å². The summed E-state index contributed by atoms with van der Waals surface area (Å²) in [6.07, 6.45) is 8.50. The van der Waals surface area contributed by atoms with Gasteiger partial charge in [0.25, 0.3) is 0 Å². The standard InChI is InChI=1S/C44H42ClF2N11O2/c1-23-9-10-30(13-32(23)40-49-20-29(46)21-50-40)53-42(59)38-12-27(26-7-5-4-6-8-26)22-57(38)43-51-18-28(19-52-43)39-24(2)11-31-14-37(39)58(31)44(60)54-36-15-33(34(45)16-35(36)47)41-48-17-25(3)55-56-41/h4-10,13,15-21,24,27,31,37-39,44,54,60H,11-12,14,22H2,1-3H3,(H,53,59)/t24?,27-,31?,37?,38-,39?,44?/m1/s1. The lowest BCUT2D eigenvalue weighted by molar-refractivity contribution is -0.148. The largest absolute Gasteiger partial charge is 0.361 e. The van der Waals surface area contributed by atoms with Crippen molar-refractivity contribution in [1.82, 2.24) is 40.0 Å². The van der Waals surface area contributed by atoms with Crippen LogP contribution in [0.15, 0.2) is 91.6 Å². The van der Waals surface area contributed by atoms with Crippen LogP contribution in [0.3, 0.4) is 0 Å². The number of anilines is 3. The van der Waals surface area contributed by atoms with Gasteiger partial charge in [0.05, 0.1) is 35.0 Å². The number of hydrogen-bond donors (Lipinski definition) is 3. The van der Waals surface area contributed by atoms with Gasteiger partial charge in [0.2, 0.25) is 11.9 Å². The predicted molar refractivity (Wildman–Crippen MR) is 223 cm³/mol. The van der Waals surface area contributed by atoms with Crippen LogP contribution in [0.4, 0.5) is 26.1 Å². The van der Waals surface area contributed by atoms with E-state index in [1.807, 2.05) is 59.4 Å². The number of aryl methyl sites for hydroxylation is 2. The Bertz CT molecular complexity index is 2520. The van der Waals surface area contributed by atoms with Gasteiger partial charge >= 0.3 is 0 Å². The number of fused-ring (bicyclic) bond motifs is 2. The number of aliphatic hydroxyl groups excluding tert-OH is 1. The second-order valence-electron chi connectivity index (χ2n) is 16.0. The first-order valence-corrected chi connectivity index (χ1v) is 20.3. The molecule has 0 saturated carbocycles. The fourth-order valence-electron chi connectivity index (χ4n) is 9.13. The van der Waals surface area contributed by atoms with Gasteiger partial charge in [-0.1, -0.05) is 54.9 Å². The van der Waals surface area contributed by atoms with E-state index in [1.165, 1.54) is 12.1 Å². The van der Waals surface area contributed by atoms with E-state index in [0.717, 1.165) is 41.9 Å². The Morgan fingerprint density at radius 2 is 1.60 bits per heavy atom. The fourth-order valence-corrected chi connectivity index (χ4v) is 9.37. The third-order valence-corrected chi connectivity index (χ3v) is 12.4. The summed E-state index contributed by atoms with van der Waals surface area (Å²) in [7, 11) is 0. The van der Waals surface area contributed by atoms with Crippen molar-refractivity contribution in [3.05, 3.63) is 131 Å². The van der Waals surface area contributed by atoms with Crippen molar-refractivity contribution >= 4 is 34.8 Å². The highest BCUT2D eigenvalue weighted by Crippen LogP contribution is 2.50. The average Bonchev–Trinajstić information content (AvgIpc) is 3.69. The molecular formula is C44H42ClF2N11O2. The summed E-state index contributed by atoms with van der Waals surface area (Å²) in [5.74, 6) is 0.0174. The normalized spacial score (nSPS) is 22.9. The van der Waals surface area contributed by atoms with Crippen molar-refractivity contribution in [2.75, 3.05) is 22.1 Å². The number of amides is 1. The van der Waals surface area contributed by atoms with Crippen LogP contribution in [-0.4, -0.2) is 82.1 Å². The van der Waals surface area contributed by atoms with E-state index in [1.54, 1.807) is 19.2 Å². The van der Waals surface area contributed by atoms with Crippen molar-refractivity contribution in [3.63, 3.8) is 0 Å². The molecule has 7 atom stereocenters. The van der Waals surface area contributed by atoms with Gasteiger partial charge in [-0.2, -0.15) is 5.10 Å². The number of hydrogen-bond acceptors (Lipinski definition) is 12. The molecule has 1 amide bonds. The van der Waals surface area contributed by atoms with E-state index in [9.17, 15) is 14.3 Å². The van der Waals surface area contributed by atoms with Crippen LogP contribution in [0.1, 0.15) is 60.4 Å². The zero-order chi connectivity index (χ0) is 41.7. The number of halogens is 3. The third-order valence-electron chi connectivity index (χ3n) is 12.1. The molecule has 60 heavy (non-hydrogen) atoms. The molecule has 3 aliphatic rings. The maximum absolute atomic E-state index is 15.2. The van der Waals surface area contributed by atoms with Crippen molar-refractivity contribution in [3.8, 4) is 22.8 Å². The van der Waals surface area contributed by atoms with Gasteiger partial charge in [-0.3, -0.25) is 9.69 Å². The molecule has 6 heterocycles. The minimum absolute atomic E-state index is 0.00582. The molecule has 3 fully saturated rings. The molecule has 0 aliphatic carbocycles. The molecule has 306 valence electrons. The molecule has 16 heteroatoms. The molecule has 3 aromatic carbocycles. The molecule has 0 radical (unpaired) electrons. The molecular weight excluding hydrogens is 788 g/mol. The van der Waals surface area contributed by atoms with Crippen LogP contribution in [0.5, 0.6) is 0 Å². The monoisotopic (exact) mass is 829 g/mol. The topological polar surface area (TPSA) is 158 Å². The predicted octanol–water partition coefficient (Wildman–Crippen LogP) is 7.29. The highest BCUT2D eigenvalue weighted by Gasteiger charge is 2.53. The molecule has 9 rings (SSSR count). The number of carbonyl (C=O) groups is 1. The number of piperidine rings is 1. The van der Waals surface area contributed by atoms with E-state index >= 15 is 4.39 Å². The summed E-state index contributed by atoms with van der Waals surface area (Å²) in [5, 5.41) is 25.9. The van der Waals surface area contributed by atoms with Crippen LogP contribution in [-0.2, 0) is 4.79 Å². The fraction of sp³-hybridized carbons (Fsp3) is 0.318. The van der Waals surface area contributed by atoms with Crippen molar-refractivity contribution in [2.24, 2.45) is 5.92 Å². The quantitative estimate of drug-likeness (QED) is 0.119. The minimum atomic E-state index is -1.18. The Hall–Kier alpha value is -6.03. The van der Waals surface area contributed by atoms with Gasteiger partial charge in [0.15, 0.2) is 23.8 Å². The zero-order valence-electron chi connectivity index (χ0n) is 33.0. The number of nitrogens with zero attached hydrogens (tertiary/aromatic N) is 9. The zero-order valence-corrected chi connectivity index (χ0v) is 33.8. The van der Waals surface area contributed by atoms with E-state index in [4.69, 9.17) is 21.6 Å². The van der Waals surface area contributed by atoms with E-state index in [-0.39, 0.29) is 52.3 Å². The van der Waals surface area contributed by atoms with E-state index in [2.05, 4.69) is 54.8 Å². The number of benzene rings is 3. The summed E-state index contributed by atoms with van der Waals surface area (Å²) in [4.78, 5) is 40.4. The molecule has 3 aliphatic heterocycles. The molecule has 13 nitrogen and oxygen atoms in total. The average molecular weight is 830 g/mol. The van der Waals surface area contributed by atoms with Crippen molar-refractivity contribution in [1.29, 1.82) is 0 Å². The Morgan fingerprint density at radius 3 is 2.33 bits per heavy atom. The third kappa shape index (κ3) is 7.64. The Labute approximate surface area is 350 Å². The number of aliphatic hydroxyl groups is 1. The highest BCUT2D eigenvalue weighted by atomic mass is 35.5. The van der Waals surface area contributed by atoms with Gasteiger partial charge in [0, 0.05) is 59.7 Å². The highest BCUT2D eigenvalue weighted by molar-refractivity contribution is 6.33. The second kappa shape index (κ2) is 16.2. The smallest absolute Gasteiger partial charge is 0.247 e. The number of nitrogens with one attached hydrogen (secondary N) is 2. The SMILES string of the molecule is Cc1cnc(-c2cc(NC(O)N3C4CC(C)C(c5cnc(N6C[C@H](c7ccccc7)C[C@@H]6C(=O)Nc6ccc(C)c(-c7ncc(F)cn7)c6)nc5)C3C4)c(F)cc2Cl)nn1. The van der Waals surface area contributed by atoms with Crippen molar-refractivity contribution in [2.45, 2.75) is 76.3 Å². The maximum Gasteiger partial charge on any atom is 0.247 e. The van der Waals surface area contributed by atoms with Gasteiger partial charge in [-0.25, -0.2) is 33.7 Å². The number of carbonyl (C=O) groups excluding carboxylic acids is 1. The van der Waals surface area contributed by atoms with E-state index in [0.29, 0.717) is 47.2 Å². The molecule has 3 aromatic heterocycles. The summed E-state index contributed by atoms with van der Waals surface area (Å²) in [6.45, 7) is 6.40. The van der Waals surface area contributed by atoms with Crippen LogP contribution in [0.25, 0.3) is 22.8 Å². The first kappa shape index (κ1) is 39.4. The Kier molecular flexibility index (Phi) is 10.6. The van der Waals surface area contributed by atoms with Crippen LogP contribution in [0, 0.1) is 31.4 Å². The lowest BCUT2D eigenvalue weighted by atomic mass is 9.65. The Balaban J connectivity index is 0.935. The van der Waals surface area contributed by atoms with E-state index < -0.39 is 24.0 Å². The van der Waals surface area contributed by atoms with Crippen LogP contribution >= 0.6 is 11.6 Å². The number of aromatic nitrogens is 7. The first-order chi connectivity index (χ1) is 29.0. The second-order valence-corrected chi connectivity index (χ2v) is 16.4. The maximum atomic E-state index is 15.2. The van der Waals surface area contributed by atoms with Crippen LogP contribution in [0.2, 0.25) is 5.02 Å². The molecule has 6 aromatic rings. The summed E-state index contributed by atoms with van der Waals surface area (Å²) in [6, 6.07) is 17.8. The Morgan fingerprint density at radius 1 is 0.850 bits per heavy atom. The van der Waals surface area contributed by atoms with Gasteiger partial charge < -0.3 is 20.6 Å². The minimum Gasteiger partial charge on any atom is -0.361 e. The molecule has 5 unspecified atom stereocenters. The lowest BCUT2D eigenvalue weighted by Gasteiger charge is -2.60. The molecule has 3 saturated heterocycles. The van der Waals surface area contributed by atoms with Crippen LogP contribution < -0.4 is 15.5 Å². The molecule has 3 N–H and O–H groups in total. The first-order valence-electron chi connectivity index (χ1n) is 19.9. The summed E-state index contributed by atoms with van der Waals surface area (Å²) >= 11 is 6.38. The summed E-state index contributed by atoms with van der Waals surface area (Å²) < 4.78 is 28.8. The lowest BCUT2D eigenvalue weighted by Crippen LogP contribution is -2.68. The molecule has 2 bridgehead atoms. The van der Waals surface area contributed by atoms with Gasteiger partial charge in [0.1, 0.15) is 11.9 Å². The van der Waals surface area contributed by atoms with Gasteiger partial charge in [-0.15, -0.1) is 5.10 Å². The summed E-state index contributed by atoms with van der Waals surface area (Å²) in [5.41, 5.74) is 5.27. The number of rotatable bonds is 10. The molecule has 0 spiro atoms.